The number of nitrogens with zero attached hydrogens (tertiary/aromatic N) is 2. The van der Waals surface area contributed by atoms with E-state index in [1.54, 1.807) is 0 Å². The summed E-state index contributed by atoms with van der Waals surface area (Å²) in [4.78, 5) is 6.61. The summed E-state index contributed by atoms with van der Waals surface area (Å²) in [6.45, 7) is 7.24. The highest BCUT2D eigenvalue weighted by molar-refractivity contribution is 5.40. The van der Waals surface area contributed by atoms with Crippen molar-refractivity contribution in [3.63, 3.8) is 0 Å². The zero-order chi connectivity index (χ0) is 13.1. The summed E-state index contributed by atoms with van der Waals surface area (Å²) in [7, 11) is 2.08. The third-order valence-corrected chi connectivity index (χ3v) is 3.28. The topological polar surface area (TPSA) is 16.1 Å². The smallest absolute Gasteiger partial charge is 0.128 e. The first-order valence-corrected chi connectivity index (χ1v) is 6.26. The van der Waals surface area contributed by atoms with Crippen LogP contribution in [-0.2, 0) is 6.54 Å². The van der Waals surface area contributed by atoms with Crippen LogP contribution in [-0.4, -0.2) is 12.0 Å². The Kier molecular flexibility index (Phi) is 3.66. The van der Waals surface area contributed by atoms with Crippen molar-refractivity contribution in [1.82, 2.24) is 4.98 Å². The van der Waals surface area contributed by atoms with E-state index in [0.29, 0.717) is 0 Å². The van der Waals surface area contributed by atoms with Crippen molar-refractivity contribution in [3.8, 4) is 0 Å². The number of rotatable bonds is 3. The van der Waals surface area contributed by atoms with Gasteiger partial charge in [-0.05, 0) is 49.1 Å². The molecule has 0 aliphatic heterocycles. The van der Waals surface area contributed by atoms with Gasteiger partial charge in [-0.2, -0.15) is 0 Å². The SMILES string of the molecule is Cc1ccc(N(C)Cc2ccc(C)c(C)c2)nc1. The van der Waals surface area contributed by atoms with Crippen molar-refractivity contribution in [3.05, 3.63) is 58.8 Å². The molecular formula is C16H20N2. The molecule has 0 N–H and O–H groups in total. The quantitative estimate of drug-likeness (QED) is 0.814. The van der Waals surface area contributed by atoms with Gasteiger partial charge in [0.05, 0.1) is 0 Å². The Bertz CT molecular complexity index is 529. The van der Waals surface area contributed by atoms with E-state index in [4.69, 9.17) is 0 Å². The molecule has 2 nitrogen and oxygen atoms in total. The van der Waals surface area contributed by atoms with E-state index in [1.165, 1.54) is 22.3 Å². The first-order chi connectivity index (χ1) is 8.56. The highest BCUT2D eigenvalue weighted by atomic mass is 15.2. The van der Waals surface area contributed by atoms with Crippen LogP contribution in [0, 0.1) is 20.8 Å². The number of pyridine rings is 1. The van der Waals surface area contributed by atoms with Crippen molar-refractivity contribution in [2.75, 3.05) is 11.9 Å². The number of aromatic nitrogens is 1. The predicted molar refractivity (Wildman–Crippen MR) is 77.0 cm³/mol. The van der Waals surface area contributed by atoms with Crippen molar-refractivity contribution >= 4 is 5.82 Å². The Balaban J connectivity index is 2.13. The highest BCUT2D eigenvalue weighted by Crippen LogP contribution is 2.15. The van der Waals surface area contributed by atoms with Crippen LogP contribution in [0.3, 0.4) is 0 Å². The monoisotopic (exact) mass is 240 g/mol. The number of hydrogen-bond donors (Lipinski definition) is 0. The Morgan fingerprint density at radius 1 is 1.00 bits per heavy atom. The average molecular weight is 240 g/mol. The molecule has 0 saturated heterocycles. The van der Waals surface area contributed by atoms with Crippen LogP contribution in [0.4, 0.5) is 5.82 Å². The molecular weight excluding hydrogens is 220 g/mol. The lowest BCUT2D eigenvalue weighted by atomic mass is 10.1. The van der Waals surface area contributed by atoms with Gasteiger partial charge in [-0.15, -0.1) is 0 Å². The van der Waals surface area contributed by atoms with E-state index < -0.39 is 0 Å². The summed E-state index contributed by atoms with van der Waals surface area (Å²) in [5.74, 6) is 1.01. The highest BCUT2D eigenvalue weighted by Gasteiger charge is 2.04. The predicted octanol–water partition coefficient (Wildman–Crippen LogP) is 3.64. The second-order valence-electron chi connectivity index (χ2n) is 4.97. The fourth-order valence-corrected chi connectivity index (χ4v) is 1.94. The van der Waals surface area contributed by atoms with E-state index in [0.717, 1.165) is 12.4 Å². The maximum Gasteiger partial charge on any atom is 0.128 e. The van der Waals surface area contributed by atoms with Gasteiger partial charge in [0.15, 0.2) is 0 Å². The third-order valence-electron chi connectivity index (χ3n) is 3.28. The molecule has 0 spiro atoms. The van der Waals surface area contributed by atoms with Crippen molar-refractivity contribution in [2.24, 2.45) is 0 Å². The largest absolute Gasteiger partial charge is 0.355 e. The fraction of sp³-hybridized carbons (Fsp3) is 0.312. The molecule has 94 valence electrons. The van der Waals surface area contributed by atoms with E-state index in [9.17, 15) is 0 Å². The molecule has 0 aliphatic carbocycles. The molecule has 0 radical (unpaired) electrons. The van der Waals surface area contributed by atoms with Crippen LogP contribution in [0.1, 0.15) is 22.3 Å². The fourth-order valence-electron chi connectivity index (χ4n) is 1.94. The van der Waals surface area contributed by atoms with E-state index in [1.807, 2.05) is 6.20 Å². The number of aryl methyl sites for hydroxylation is 3. The summed E-state index contributed by atoms with van der Waals surface area (Å²) < 4.78 is 0. The molecule has 2 rings (SSSR count). The number of hydrogen-bond acceptors (Lipinski definition) is 2. The van der Waals surface area contributed by atoms with E-state index in [2.05, 4.69) is 68.0 Å². The Morgan fingerprint density at radius 3 is 2.39 bits per heavy atom. The Labute approximate surface area is 109 Å². The summed E-state index contributed by atoms with van der Waals surface area (Å²) in [5.41, 5.74) is 5.20. The minimum atomic E-state index is 0.886. The van der Waals surface area contributed by atoms with Gasteiger partial charge >= 0.3 is 0 Å². The van der Waals surface area contributed by atoms with Gasteiger partial charge in [-0.25, -0.2) is 4.98 Å². The zero-order valence-electron chi connectivity index (χ0n) is 11.6. The number of benzene rings is 1. The van der Waals surface area contributed by atoms with Gasteiger partial charge in [0.25, 0.3) is 0 Å². The summed E-state index contributed by atoms with van der Waals surface area (Å²) in [5, 5.41) is 0. The van der Waals surface area contributed by atoms with Crippen LogP contribution in [0.15, 0.2) is 36.5 Å². The molecule has 0 bridgehead atoms. The molecule has 1 aromatic carbocycles. The minimum Gasteiger partial charge on any atom is -0.355 e. The Morgan fingerprint density at radius 2 is 1.78 bits per heavy atom. The Hall–Kier alpha value is -1.83. The lowest BCUT2D eigenvalue weighted by molar-refractivity contribution is 0.894. The minimum absolute atomic E-state index is 0.886. The van der Waals surface area contributed by atoms with Crippen LogP contribution < -0.4 is 4.90 Å². The first kappa shape index (κ1) is 12.6. The lowest BCUT2D eigenvalue weighted by Crippen LogP contribution is -2.17. The van der Waals surface area contributed by atoms with Gasteiger partial charge in [0.2, 0.25) is 0 Å². The van der Waals surface area contributed by atoms with E-state index in [-0.39, 0.29) is 0 Å². The maximum atomic E-state index is 4.44. The summed E-state index contributed by atoms with van der Waals surface area (Å²) >= 11 is 0. The van der Waals surface area contributed by atoms with Crippen LogP contribution in [0.25, 0.3) is 0 Å². The zero-order valence-corrected chi connectivity index (χ0v) is 11.6. The standard InChI is InChI=1S/C16H20N2/c1-12-5-8-16(17-10-12)18(4)11-15-7-6-13(2)14(3)9-15/h5-10H,11H2,1-4H3. The molecule has 18 heavy (non-hydrogen) atoms. The van der Waals surface area contributed by atoms with Gasteiger partial charge < -0.3 is 4.90 Å². The molecule has 0 aliphatic rings. The molecule has 1 aromatic heterocycles. The van der Waals surface area contributed by atoms with Gasteiger partial charge in [-0.3, -0.25) is 0 Å². The van der Waals surface area contributed by atoms with Crippen molar-refractivity contribution < 1.29 is 0 Å². The van der Waals surface area contributed by atoms with Crippen LogP contribution in [0.2, 0.25) is 0 Å². The van der Waals surface area contributed by atoms with Crippen molar-refractivity contribution in [2.45, 2.75) is 27.3 Å². The average Bonchev–Trinajstić information content (AvgIpc) is 2.34. The second-order valence-corrected chi connectivity index (χ2v) is 4.97. The van der Waals surface area contributed by atoms with Gasteiger partial charge in [0.1, 0.15) is 5.82 Å². The molecule has 2 aromatic rings. The molecule has 0 amide bonds. The third kappa shape index (κ3) is 2.89. The molecule has 1 heterocycles. The molecule has 0 unspecified atom stereocenters. The second kappa shape index (κ2) is 5.21. The first-order valence-electron chi connectivity index (χ1n) is 6.26. The van der Waals surface area contributed by atoms with E-state index >= 15 is 0 Å². The molecule has 0 saturated carbocycles. The van der Waals surface area contributed by atoms with Crippen LogP contribution in [0.5, 0.6) is 0 Å². The molecule has 2 heteroatoms. The maximum absolute atomic E-state index is 4.44. The van der Waals surface area contributed by atoms with Gasteiger partial charge in [0, 0.05) is 19.8 Å². The summed E-state index contributed by atoms with van der Waals surface area (Å²) in [6, 6.07) is 10.8. The molecule has 0 fully saturated rings. The van der Waals surface area contributed by atoms with Crippen LogP contribution >= 0.6 is 0 Å². The number of anilines is 1. The normalized spacial score (nSPS) is 10.4. The molecule has 0 atom stereocenters. The summed E-state index contributed by atoms with van der Waals surface area (Å²) in [6.07, 6.45) is 1.91. The van der Waals surface area contributed by atoms with Crippen molar-refractivity contribution in [1.29, 1.82) is 0 Å². The lowest BCUT2D eigenvalue weighted by Gasteiger charge is -2.18. The van der Waals surface area contributed by atoms with Gasteiger partial charge in [-0.1, -0.05) is 24.3 Å².